The zero-order valence-corrected chi connectivity index (χ0v) is 7.67. The monoisotopic (exact) mass is 217 g/mol. The second-order valence-corrected chi connectivity index (χ2v) is 4.51. The average Bonchev–Trinajstić information content (AvgIpc) is 1.86. The van der Waals surface area contributed by atoms with E-state index in [1.54, 1.807) is 12.2 Å². The Kier molecular flexibility index (Phi) is 2.13. The third-order valence-corrected chi connectivity index (χ3v) is 2.11. The van der Waals surface area contributed by atoms with E-state index in [0.717, 1.165) is 0 Å². The van der Waals surface area contributed by atoms with Crippen LogP contribution < -0.4 is 0 Å². The van der Waals surface area contributed by atoms with Gasteiger partial charge in [-0.15, -0.1) is 0 Å². The van der Waals surface area contributed by atoms with E-state index in [4.69, 9.17) is 0 Å². The van der Waals surface area contributed by atoms with Gasteiger partial charge in [-0.05, 0) is 19.4 Å². The van der Waals surface area contributed by atoms with Crippen LogP contribution in [0.15, 0.2) is 23.9 Å². The van der Waals surface area contributed by atoms with E-state index in [1.807, 2.05) is 6.92 Å². The van der Waals surface area contributed by atoms with Crippen LogP contribution in [0.2, 0.25) is 0 Å². The summed E-state index contributed by atoms with van der Waals surface area (Å²) in [6.45, 7) is 1.97. The van der Waals surface area contributed by atoms with Gasteiger partial charge in [-0.25, -0.2) is 0 Å². The van der Waals surface area contributed by atoms with Gasteiger partial charge in [0.1, 0.15) is 0 Å². The minimum absolute atomic E-state index is 0.105. The number of nitrogens with zero attached hydrogens (tertiary/aromatic N) is 1. The largest absolute Gasteiger partial charge is 0.265 e. The van der Waals surface area contributed by atoms with Crippen LogP contribution in [0, 0.1) is 10.1 Å². The highest BCUT2D eigenvalue weighted by Crippen LogP contribution is 2.28. The molecule has 1 aliphatic carbocycles. The molecule has 4 heteroatoms. The van der Waals surface area contributed by atoms with E-state index < -0.39 is 0 Å². The lowest BCUT2D eigenvalue weighted by Crippen LogP contribution is -2.14. The average molecular weight is 218 g/mol. The van der Waals surface area contributed by atoms with Gasteiger partial charge in [0.25, 0.3) is 5.70 Å². The molecule has 0 amide bonds. The lowest BCUT2D eigenvalue weighted by Gasteiger charge is -2.17. The molecular weight excluding hydrogens is 210 g/mol. The Hall–Kier alpha value is -0.640. The van der Waals surface area contributed by atoms with Crippen molar-refractivity contribution in [1.29, 1.82) is 0 Å². The number of halogens is 1. The van der Waals surface area contributed by atoms with Gasteiger partial charge in [-0.1, -0.05) is 22.0 Å². The SMILES string of the molecule is CC1(Br)C=CC([N+](=O)[O-])=CC1. The van der Waals surface area contributed by atoms with Crippen molar-refractivity contribution in [1.82, 2.24) is 0 Å². The first kappa shape index (κ1) is 8.46. The molecule has 0 bridgehead atoms. The smallest absolute Gasteiger partial charge is 0.258 e. The summed E-state index contributed by atoms with van der Waals surface area (Å²) in [6, 6.07) is 0. The lowest BCUT2D eigenvalue weighted by molar-refractivity contribution is -0.419. The molecule has 0 aromatic heterocycles. The fourth-order valence-electron chi connectivity index (χ4n) is 0.835. The standard InChI is InChI=1S/C7H8BrNO2/c1-7(8)4-2-6(3-5-7)9(10)11/h2-4H,5H2,1H3. The fraction of sp³-hybridized carbons (Fsp3) is 0.429. The molecule has 0 aromatic rings. The Balaban J connectivity index is 2.75. The zero-order chi connectivity index (χ0) is 8.48. The number of hydrogen-bond acceptors (Lipinski definition) is 2. The van der Waals surface area contributed by atoms with Crippen molar-refractivity contribution in [3.8, 4) is 0 Å². The van der Waals surface area contributed by atoms with Gasteiger partial charge in [-0.3, -0.25) is 10.1 Å². The van der Waals surface area contributed by atoms with Crippen LogP contribution in [0.1, 0.15) is 13.3 Å². The molecule has 0 fully saturated rings. The predicted molar refractivity (Wildman–Crippen MR) is 46.2 cm³/mol. The van der Waals surface area contributed by atoms with E-state index in [1.165, 1.54) is 6.08 Å². The Morgan fingerprint density at radius 3 is 2.82 bits per heavy atom. The summed E-state index contributed by atoms with van der Waals surface area (Å²) in [4.78, 5) is 9.86. The van der Waals surface area contributed by atoms with Crippen LogP contribution in [-0.4, -0.2) is 9.25 Å². The molecule has 1 atom stereocenters. The first-order valence-electron chi connectivity index (χ1n) is 3.24. The number of alkyl halides is 1. The molecule has 0 saturated heterocycles. The lowest BCUT2D eigenvalue weighted by atomic mass is 10.0. The van der Waals surface area contributed by atoms with Crippen molar-refractivity contribution in [3.05, 3.63) is 34.0 Å². The Morgan fingerprint density at radius 2 is 2.45 bits per heavy atom. The molecule has 11 heavy (non-hydrogen) atoms. The quantitative estimate of drug-likeness (QED) is 0.385. The third kappa shape index (κ3) is 2.15. The summed E-state index contributed by atoms with van der Waals surface area (Å²) in [6.07, 6.45) is 5.61. The van der Waals surface area contributed by atoms with Gasteiger partial charge in [0.2, 0.25) is 0 Å². The van der Waals surface area contributed by atoms with Gasteiger partial charge in [-0.2, -0.15) is 0 Å². The summed E-state index contributed by atoms with van der Waals surface area (Å²) in [5, 5.41) is 10.2. The van der Waals surface area contributed by atoms with E-state index in [9.17, 15) is 10.1 Å². The van der Waals surface area contributed by atoms with Crippen molar-refractivity contribution in [2.24, 2.45) is 0 Å². The van der Waals surface area contributed by atoms with E-state index in [0.29, 0.717) is 6.42 Å². The van der Waals surface area contributed by atoms with Crippen molar-refractivity contribution in [2.45, 2.75) is 17.7 Å². The summed E-state index contributed by atoms with van der Waals surface area (Å²) in [5.41, 5.74) is 0.182. The molecule has 0 aliphatic heterocycles. The Bertz CT molecular complexity index is 243. The molecule has 1 rings (SSSR count). The second-order valence-electron chi connectivity index (χ2n) is 2.70. The molecule has 60 valence electrons. The van der Waals surface area contributed by atoms with Gasteiger partial charge in [0.15, 0.2) is 0 Å². The zero-order valence-electron chi connectivity index (χ0n) is 6.08. The van der Waals surface area contributed by atoms with E-state index in [-0.39, 0.29) is 14.9 Å². The van der Waals surface area contributed by atoms with E-state index in [2.05, 4.69) is 15.9 Å². The molecule has 0 N–H and O–H groups in total. The molecule has 0 saturated carbocycles. The molecule has 0 spiro atoms. The topological polar surface area (TPSA) is 43.1 Å². The maximum atomic E-state index is 10.2. The van der Waals surface area contributed by atoms with Gasteiger partial charge >= 0.3 is 0 Å². The Morgan fingerprint density at radius 1 is 1.82 bits per heavy atom. The summed E-state index contributed by atoms with van der Waals surface area (Å²) < 4.78 is -0.105. The minimum Gasteiger partial charge on any atom is -0.258 e. The predicted octanol–water partition coefficient (Wildman–Crippen LogP) is 2.26. The van der Waals surface area contributed by atoms with Crippen LogP contribution in [-0.2, 0) is 0 Å². The van der Waals surface area contributed by atoms with Crippen molar-refractivity contribution in [2.75, 3.05) is 0 Å². The maximum absolute atomic E-state index is 10.2. The number of rotatable bonds is 1. The number of nitro groups is 1. The normalized spacial score (nSPS) is 29.8. The first-order chi connectivity index (χ1) is 5.01. The highest BCUT2D eigenvalue weighted by Gasteiger charge is 2.21. The summed E-state index contributed by atoms with van der Waals surface area (Å²) >= 11 is 3.42. The maximum Gasteiger partial charge on any atom is 0.265 e. The van der Waals surface area contributed by atoms with Gasteiger partial charge in [0, 0.05) is 10.4 Å². The molecular formula is C7H8BrNO2. The van der Waals surface area contributed by atoms with Crippen molar-refractivity contribution in [3.63, 3.8) is 0 Å². The molecule has 0 heterocycles. The van der Waals surface area contributed by atoms with Crippen LogP contribution in [0.3, 0.4) is 0 Å². The number of hydrogen-bond donors (Lipinski definition) is 0. The minimum atomic E-state index is -0.376. The van der Waals surface area contributed by atoms with Crippen LogP contribution in [0.4, 0.5) is 0 Å². The van der Waals surface area contributed by atoms with Crippen LogP contribution in [0.25, 0.3) is 0 Å². The van der Waals surface area contributed by atoms with Crippen molar-refractivity contribution < 1.29 is 4.92 Å². The molecule has 3 nitrogen and oxygen atoms in total. The van der Waals surface area contributed by atoms with Crippen molar-refractivity contribution >= 4 is 15.9 Å². The van der Waals surface area contributed by atoms with Gasteiger partial charge < -0.3 is 0 Å². The third-order valence-electron chi connectivity index (χ3n) is 1.52. The first-order valence-corrected chi connectivity index (χ1v) is 4.03. The van der Waals surface area contributed by atoms with Crippen LogP contribution in [0.5, 0.6) is 0 Å². The molecule has 1 unspecified atom stereocenters. The van der Waals surface area contributed by atoms with Gasteiger partial charge in [0.05, 0.1) is 4.92 Å². The van der Waals surface area contributed by atoms with E-state index >= 15 is 0 Å². The Labute approximate surface area is 73.1 Å². The molecule has 1 aliphatic rings. The molecule has 0 radical (unpaired) electrons. The highest BCUT2D eigenvalue weighted by molar-refractivity contribution is 9.10. The molecule has 0 aromatic carbocycles. The fourth-order valence-corrected chi connectivity index (χ4v) is 1.13. The van der Waals surface area contributed by atoms with Crippen LogP contribution >= 0.6 is 15.9 Å². The second kappa shape index (κ2) is 2.77. The summed E-state index contributed by atoms with van der Waals surface area (Å²) in [5.74, 6) is 0. The summed E-state index contributed by atoms with van der Waals surface area (Å²) in [7, 11) is 0. The highest BCUT2D eigenvalue weighted by atomic mass is 79.9. The number of allylic oxidation sites excluding steroid dienone is 3.